The second kappa shape index (κ2) is 4.92. The Morgan fingerprint density at radius 2 is 2.05 bits per heavy atom. The van der Waals surface area contributed by atoms with E-state index in [1.807, 2.05) is 6.07 Å². The molecule has 0 atom stereocenters. The molecule has 0 unspecified atom stereocenters. The van der Waals surface area contributed by atoms with Crippen LogP contribution in [0.5, 0.6) is 0 Å². The molecule has 0 amide bonds. The minimum Gasteiger partial charge on any atom is -0.478 e. The normalized spacial score (nSPS) is 10.9. The van der Waals surface area contributed by atoms with E-state index in [1.54, 1.807) is 18.2 Å². The first-order valence-electron chi connectivity index (χ1n) is 5.63. The van der Waals surface area contributed by atoms with Gasteiger partial charge in [-0.1, -0.05) is 27.5 Å². The average Bonchev–Trinajstić information content (AvgIpc) is 2.80. The first kappa shape index (κ1) is 13.1. The molecule has 0 saturated heterocycles. The zero-order valence-electron chi connectivity index (χ0n) is 9.93. The van der Waals surface area contributed by atoms with Gasteiger partial charge in [0.25, 0.3) is 0 Å². The van der Waals surface area contributed by atoms with Crippen LogP contribution in [0, 0.1) is 0 Å². The lowest BCUT2D eigenvalue weighted by Crippen LogP contribution is -1.94. The fraction of sp³-hybridized carbons (Fsp3) is 0. The molecule has 100 valence electrons. The third-order valence-electron chi connectivity index (χ3n) is 2.74. The maximum atomic E-state index is 10.9. The summed E-state index contributed by atoms with van der Waals surface area (Å²) in [6.07, 6.45) is 0. The van der Waals surface area contributed by atoms with Gasteiger partial charge >= 0.3 is 5.97 Å². The van der Waals surface area contributed by atoms with Gasteiger partial charge in [0.1, 0.15) is 5.52 Å². The third-order valence-corrected chi connectivity index (χ3v) is 3.42. The van der Waals surface area contributed by atoms with Crippen LogP contribution in [0.3, 0.4) is 0 Å². The fourth-order valence-electron chi connectivity index (χ4n) is 1.86. The van der Waals surface area contributed by atoms with Gasteiger partial charge in [0, 0.05) is 15.1 Å². The van der Waals surface area contributed by atoms with Crippen LogP contribution in [-0.2, 0) is 0 Å². The number of carboxylic acids is 1. The van der Waals surface area contributed by atoms with Gasteiger partial charge in [-0.2, -0.15) is 0 Å². The van der Waals surface area contributed by atoms with E-state index in [-0.39, 0.29) is 5.56 Å². The van der Waals surface area contributed by atoms with Crippen molar-refractivity contribution in [1.29, 1.82) is 0 Å². The van der Waals surface area contributed by atoms with E-state index in [9.17, 15) is 4.79 Å². The molecule has 0 spiro atoms. The third kappa shape index (κ3) is 2.42. The second-order valence-corrected chi connectivity index (χ2v) is 5.52. The first-order valence-corrected chi connectivity index (χ1v) is 6.80. The van der Waals surface area contributed by atoms with Crippen LogP contribution in [0.15, 0.2) is 45.3 Å². The van der Waals surface area contributed by atoms with Crippen LogP contribution >= 0.6 is 27.5 Å². The Bertz CT molecular complexity index is 808. The predicted octanol–water partition coefficient (Wildman–Crippen LogP) is 4.61. The number of halogens is 2. The zero-order chi connectivity index (χ0) is 14.3. The molecule has 1 N–H and O–H groups in total. The van der Waals surface area contributed by atoms with E-state index in [0.717, 1.165) is 10.0 Å². The van der Waals surface area contributed by atoms with Crippen molar-refractivity contribution >= 4 is 44.6 Å². The van der Waals surface area contributed by atoms with Crippen molar-refractivity contribution < 1.29 is 14.3 Å². The van der Waals surface area contributed by atoms with Gasteiger partial charge in [-0.05, 0) is 36.4 Å². The van der Waals surface area contributed by atoms with Gasteiger partial charge in [0.15, 0.2) is 5.58 Å². The van der Waals surface area contributed by atoms with Crippen LogP contribution in [0.2, 0.25) is 5.02 Å². The minimum atomic E-state index is -1.00. The molecule has 0 aliphatic carbocycles. The lowest BCUT2D eigenvalue weighted by Gasteiger charge is -1.98. The number of hydrogen-bond donors (Lipinski definition) is 1. The summed E-state index contributed by atoms with van der Waals surface area (Å²) < 4.78 is 6.41. The van der Waals surface area contributed by atoms with Crippen molar-refractivity contribution in [2.24, 2.45) is 0 Å². The largest absolute Gasteiger partial charge is 0.478 e. The summed E-state index contributed by atoms with van der Waals surface area (Å²) in [5, 5.41) is 9.51. The Labute approximate surface area is 127 Å². The molecule has 3 rings (SSSR count). The molecule has 3 aromatic rings. The molecule has 0 fully saturated rings. The highest BCUT2D eigenvalue weighted by molar-refractivity contribution is 9.10. The summed E-state index contributed by atoms with van der Waals surface area (Å²) in [5.41, 5.74) is 1.90. The van der Waals surface area contributed by atoms with E-state index < -0.39 is 5.97 Å². The van der Waals surface area contributed by atoms with E-state index in [4.69, 9.17) is 21.1 Å². The standard InChI is InChI=1S/C14H7BrClNO3/c15-9-3-8(4-10(16)6-9)13-17-11-2-1-7(14(18)19)5-12(11)20-13/h1-6H,(H,18,19). The number of aromatic nitrogens is 1. The molecule has 20 heavy (non-hydrogen) atoms. The van der Waals surface area contributed by atoms with Crippen molar-refractivity contribution in [2.45, 2.75) is 0 Å². The van der Waals surface area contributed by atoms with E-state index in [2.05, 4.69) is 20.9 Å². The molecule has 1 heterocycles. The molecule has 4 nitrogen and oxygen atoms in total. The average molecular weight is 353 g/mol. The van der Waals surface area contributed by atoms with Gasteiger partial charge in [-0.3, -0.25) is 0 Å². The molecule has 6 heteroatoms. The Kier molecular flexibility index (Phi) is 3.23. The highest BCUT2D eigenvalue weighted by Gasteiger charge is 2.12. The van der Waals surface area contributed by atoms with Crippen LogP contribution in [0.4, 0.5) is 0 Å². The van der Waals surface area contributed by atoms with Crippen molar-refractivity contribution in [3.63, 3.8) is 0 Å². The van der Waals surface area contributed by atoms with E-state index >= 15 is 0 Å². The number of carboxylic acid groups (broad SMARTS) is 1. The molecule has 0 saturated carbocycles. The lowest BCUT2D eigenvalue weighted by molar-refractivity contribution is 0.0697. The fourth-order valence-corrected chi connectivity index (χ4v) is 2.72. The highest BCUT2D eigenvalue weighted by Crippen LogP contribution is 2.29. The minimum absolute atomic E-state index is 0.160. The van der Waals surface area contributed by atoms with Crippen LogP contribution in [0.25, 0.3) is 22.6 Å². The summed E-state index contributed by atoms with van der Waals surface area (Å²) in [4.78, 5) is 15.3. The number of nitrogens with zero attached hydrogens (tertiary/aromatic N) is 1. The summed E-state index contributed by atoms with van der Waals surface area (Å²) in [6, 6.07) is 9.88. The molecule has 0 radical (unpaired) electrons. The summed E-state index contributed by atoms with van der Waals surface area (Å²) in [5.74, 6) is -0.610. The molecule has 0 aliphatic rings. The highest BCUT2D eigenvalue weighted by atomic mass is 79.9. The van der Waals surface area contributed by atoms with Crippen molar-refractivity contribution in [3.8, 4) is 11.5 Å². The maximum absolute atomic E-state index is 10.9. The van der Waals surface area contributed by atoms with Gasteiger partial charge in [0.2, 0.25) is 5.89 Å². The summed E-state index contributed by atoms with van der Waals surface area (Å²) >= 11 is 9.34. The molecular weight excluding hydrogens is 346 g/mol. The molecule has 0 aliphatic heterocycles. The predicted molar refractivity (Wildman–Crippen MR) is 79.1 cm³/mol. The summed E-state index contributed by atoms with van der Waals surface area (Å²) in [6.45, 7) is 0. The Morgan fingerprint density at radius 1 is 1.25 bits per heavy atom. The molecule has 1 aromatic heterocycles. The number of carbonyl (C=O) groups is 1. The monoisotopic (exact) mass is 351 g/mol. The van der Waals surface area contributed by atoms with Crippen molar-refractivity contribution in [3.05, 3.63) is 51.5 Å². The molecule has 2 aromatic carbocycles. The number of aromatic carboxylic acids is 1. The van der Waals surface area contributed by atoms with Gasteiger partial charge in [-0.15, -0.1) is 0 Å². The Morgan fingerprint density at radius 3 is 2.75 bits per heavy atom. The van der Waals surface area contributed by atoms with Crippen molar-refractivity contribution in [2.75, 3.05) is 0 Å². The van der Waals surface area contributed by atoms with Crippen LogP contribution < -0.4 is 0 Å². The smallest absolute Gasteiger partial charge is 0.335 e. The number of oxazole rings is 1. The zero-order valence-corrected chi connectivity index (χ0v) is 12.3. The Balaban J connectivity index is 2.15. The quantitative estimate of drug-likeness (QED) is 0.731. The first-order chi connectivity index (χ1) is 9.52. The lowest BCUT2D eigenvalue weighted by atomic mass is 10.2. The van der Waals surface area contributed by atoms with Crippen molar-refractivity contribution in [1.82, 2.24) is 4.98 Å². The number of fused-ring (bicyclic) bond motifs is 1. The summed E-state index contributed by atoms with van der Waals surface area (Å²) in [7, 11) is 0. The number of hydrogen-bond acceptors (Lipinski definition) is 3. The molecular formula is C14H7BrClNO3. The van der Waals surface area contributed by atoms with Gasteiger partial charge in [-0.25, -0.2) is 9.78 Å². The Hall–Kier alpha value is -1.85. The van der Waals surface area contributed by atoms with Crippen LogP contribution in [0.1, 0.15) is 10.4 Å². The van der Waals surface area contributed by atoms with E-state index in [0.29, 0.717) is 22.0 Å². The SMILES string of the molecule is O=C(O)c1ccc2nc(-c3cc(Cl)cc(Br)c3)oc2c1. The van der Waals surface area contributed by atoms with Crippen LogP contribution in [-0.4, -0.2) is 16.1 Å². The van der Waals surface area contributed by atoms with Gasteiger partial charge in [0.05, 0.1) is 5.56 Å². The van der Waals surface area contributed by atoms with Gasteiger partial charge < -0.3 is 9.52 Å². The van der Waals surface area contributed by atoms with E-state index in [1.165, 1.54) is 12.1 Å². The topological polar surface area (TPSA) is 63.3 Å². The second-order valence-electron chi connectivity index (χ2n) is 4.16. The number of rotatable bonds is 2. The number of benzene rings is 2. The maximum Gasteiger partial charge on any atom is 0.335 e. The molecule has 0 bridgehead atoms.